The third-order valence-corrected chi connectivity index (χ3v) is 8.08. The molecule has 0 amide bonds. The SMILES string of the molecule is Clc1ccccc1C(c1ccccc1)(c1ccccc1)n1ccnc1.O=C(O)Cc1ccccc1Nc1c(Cl)cccc1Cl. The van der Waals surface area contributed by atoms with Gasteiger partial charge in [0.25, 0.3) is 0 Å². The number of nitrogens with one attached hydrogen (secondary N) is 1. The predicted octanol–water partition coefficient (Wildman–Crippen LogP) is 9.74. The van der Waals surface area contributed by atoms with Crippen LogP contribution in [0.2, 0.25) is 15.1 Å². The molecule has 5 aromatic carbocycles. The maximum Gasteiger partial charge on any atom is 0.307 e. The lowest BCUT2D eigenvalue weighted by atomic mass is 9.76. The summed E-state index contributed by atoms with van der Waals surface area (Å²) in [6, 6.07) is 41.2. The number of aliphatic carboxylic acids is 1. The van der Waals surface area contributed by atoms with Crippen LogP contribution in [-0.2, 0) is 16.8 Å². The molecular formula is C36H28Cl3N3O2. The Hall–Kier alpha value is -4.55. The number of nitrogens with zero attached hydrogens (tertiary/aromatic N) is 2. The maximum atomic E-state index is 10.8. The Morgan fingerprint density at radius 1 is 0.705 bits per heavy atom. The van der Waals surface area contributed by atoms with Gasteiger partial charge in [0, 0.05) is 28.7 Å². The fourth-order valence-electron chi connectivity index (χ4n) is 5.20. The van der Waals surface area contributed by atoms with E-state index in [-0.39, 0.29) is 6.42 Å². The van der Waals surface area contributed by atoms with Crippen molar-refractivity contribution in [2.75, 3.05) is 5.32 Å². The second-order valence-corrected chi connectivity index (χ2v) is 11.1. The highest BCUT2D eigenvalue weighted by molar-refractivity contribution is 6.39. The van der Waals surface area contributed by atoms with Crippen LogP contribution in [-0.4, -0.2) is 20.6 Å². The van der Waals surface area contributed by atoms with Crippen molar-refractivity contribution in [3.63, 3.8) is 0 Å². The number of halogens is 3. The summed E-state index contributed by atoms with van der Waals surface area (Å²) in [6.45, 7) is 0. The highest BCUT2D eigenvalue weighted by atomic mass is 35.5. The molecule has 0 atom stereocenters. The van der Waals surface area contributed by atoms with E-state index in [2.05, 4.69) is 69.5 Å². The molecule has 0 saturated heterocycles. The normalized spacial score (nSPS) is 10.9. The number of imidazole rings is 1. The minimum Gasteiger partial charge on any atom is -0.481 e. The molecule has 5 nitrogen and oxygen atoms in total. The van der Waals surface area contributed by atoms with E-state index < -0.39 is 11.5 Å². The molecule has 1 aromatic heterocycles. The second kappa shape index (κ2) is 14.3. The van der Waals surface area contributed by atoms with Crippen LogP contribution in [0.5, 0.6) is 0 Å². The molecule has 6 aromatic rings. The van der Waals surface area contributed by atoms with Crippen molar-refractivity contribution in [1.82, 2.24) is 9.55 Å². The van der Waals surface area contributed by atoms with Crippen LogP contribution in [0.25, 0.3) is 0 Å². The number of hydrogen-bond donors (Lipinski definition) is 2. The van der Waals surface area contributed by atoms with Gasteiger partial charge in [0.2, 0.25) is 0 Å². The zero-order valence-electron chi connectivity index (χ0n) is 23.4. The third kappa shape index (κ3) is 6.66. The topological polar surface area (TPSA) is 67.2 Å². The van der Waals surface area contributed by atoms with Gasteiger partial charge in [0.05, 0.1) is 28.5 Å². The van der Waals surface area contributed by atoms with Gasteiger partial charge in [-0.1, -0.05) is 138 Å². The fraction of sp³-hybridized carbons (Fsp3) is 0.0556. The van der Waals surface area contributed by atoms with Crippen molar-refractivity contribution in [2.45, 2.75) is 12.0 Å². The van der Waals surface area contributed by atoms with E-state index in [4.69, 9.17) is 39.9 Å². The van der Waals surface area contributed by atoms with Crippen LogP contribution in [0.3, 0.4) is 0 Å². The first-order valence-electron chi connectivity index (χ1n) is 13.8. The first kappa shape index (κ1) is 30.9. The molecule has 0 aliphatic rings. The van der Waals surface area contributed by atoms with Crippen LogP contribution in [0, 0.1) is 0 Å². The number of hydrogen-bond acceptors (Lipinski definition) is 3. The van der Waals surface area contributed by atoms with Crippen molar-refractivity contribution < 1.29 is 9.90 Å². The molecule has 0 fully saturated rings. The first-order valence-corrected chi connectivity index (χ1v) is 14.9. The van der Waals surface area contributed by atoms with Gasteiger partial charge in [-0.3, -0.25) is 4.79 Å². The van der Waals surface area contributed by atoms with E-state index in [1.165, 1.54) is 0 Å². The van der Waals surface area contributed by atoms with Crippen molar-refractivity contribution in [2.24, 2.45) is 0 Å². The quantitative estimate of drug-likeness (QED) is 0.163. The van der Waals surface area contributed by atoms with Gasteiger partial charge in [-0.25, -0.2) is 4.98 Å². The summed E-state index contributed by atoms with van der Waals surface area (Å²) < 4.78 is 2.12. The number of rotatable bonds is 8. The molecular weight excluding hydrogens is 613 g/mol. The van der Waals surface area contributed by atoms with E-state index in [0.29, 0.717) is 27.0 Å². The number of carboxylic acids is 1. The summed E-state index contributed by atoms with van der Waals surface area (Å²) in [4.78, 5) is 15.1. The minimum absolute atomic E-state index is 0.0642. The molecule has 0 aliphatic heterocycles. The monoisotopic (exact) mass is 639 g/mol. The molecule has 220 valence electrons. The first-order chi connectivity index (χ1) is 21.4. The van der Waals surface area contributed by atoms with Crippen molar-refractivity contribution in [3.8, 4) is 0 Å². The number of anilines is 2. The average molecular weight is 641 g/mol. The highest BCUT2D eigenvalue weighted by Gasteiger charge is 2.39. The average Bonchev–Trinajstić information content (AvgIpc) is 3.58. The summed E-state index contributed by atoms with van der Waals surface area (Å²) in [6.07, 6.45) is 5.58. The summed E-state index contributed by atoms with van der Waals surface area (Å²) in [7, 11) is 0. The zero-order chi connectivity index (χ0) is 30.9. The van der Waals surface area contributed by atoms with Gasteiger partial charge in [-0.05, 0) is 41.0 Å². The van der Waals surface area contributed by atoms with Gasteiger partial charge >= 0.3 is 5.97 Å². The Morgan fingerprint density at radius 3 is 1.82 bits per heavy atom. The highest BCUT2D eigenvalue weighted by Crippen LogP contribution is 2.43. The molecule has 0 spiro atoms. The molecule has 2 N–H and O–H groups in total. The summed E-state index contributed by atoms with van der Waals surface area (Å²) in [5, 5.41) is 13.7. The minimum atomic E-state index is -0.889. The van der Waals surface area contributed by atoms with E-state index >= 15 is 0 Å². The van der Waals surface area contributed by atoms with Gasteiger partial charge < -0.3 is 15.0 Å². The lowest BCUT2D eigenvalue weighted by Gasteiger charge is -2.37. The standard InChI is InChI=1S/C22H17ClN2.C14H11Cl2NO2/c23-21-14-8-7-13-20(21)22(25-16-15-24-17-25,18-9-3-1-4-10-18)19-11-5-2-6-12-19;15-10-5-3-6-11(16)14(10)17-12-7-2-1-4-9(12)8-13(18)19/h1-17H;1-7,17H,8H2,(H,18,19). The number of carbonyl (C=O) groups is 1. The fourth-order valence-corrected chi connectivity index (χ4v) is 5.96. The second-order valence-electron chi connectivity index (χ2n) is 9.84. The Kier molecular flexibility index (Phi) is 10.0. The Morgan fingerprint density at radius 2 is 1.25 bits per heavy atom. The maximum absolute atomic E-state index is 10.8. The van der Waals surface area contributed by atoms with Gasteiger partial charge in [0.15, 0.2) is 0 Å². The molecule has 0 aliphatic carbocycles. The molecule has 0 saturated carbocycles. The summed E-state index contributed by atoms with van der Waals surface area (Å²) >= 11 is 18.8. The lowest BCUT2D eigenvalue weighted by molar-refractivity contribution is -0.136. The molecule has 0 bridgehead atoms. The molecule has 44 heavy (non-hydrogen) atoms. The van der Waals surface area contributed by atoms with E-state index in [1.807, 2.05) is 48.9 Å². The Labute approximate surface area is 271 Å². The van der Waals surface area contributed by atoms with E-state index in [9.17, 15) is 4.79 Å². The largest absolute Gasteiger partial charge is 0.481 e. The smallest absolute Gasteiger partial charge is 0.307 e. The lowest BCUT2D eigenvalue weighted by Crippen LogP contribution is -2.37. The van der Waals surface area contributed by atoms with Gasteiger partial charge in [-0.2, -0.15) is 0 Å². The third-order valence-electron chi connectivity index (χ3n) is 7.12. The molecule has 6 rings (SSSR count). The van der Waals surface area contributed by atoms with Crippen LogP contribution >= 0.6 is 34.8 Å². The number of aromatic nitrogens is 2. The van der Waals surface area contributed by atoms with E-state index in [1.54, 1.807) is 42.6 Å². The predicted molar refractivity (Wildman–Crippen MR) is 179 cm³/mol. The van der Waals surface area contributed by atoms with Crippen LogP contribution in [0.4, 0.5) is 11.4 Å². The molecule has 0 radical (unpaired) electrons. The van der Waals surface area contributed by atoms with Crippen molar-refractivity contribution >= 4 is 52.1 Å². The van der Waals surface area contributed by atoms with Crippen molar-refractivity contribution in [3.05, 3.63) is 183 Å². The Balaban J connectivity index is 0.000000182. The molecule has 0 unspecified atom stereocenters. The van der Waals surface area contributed by atoms with Crippen LogP contribution in [0.1, 0.15) is 22.3 Å². The van der Waals surface area contributed by atoms with Gasteiger partial charge in [-0.15, -0.1) is 0 Å². The summed E-state index contributed by atoms with van der Waals surface area (Å²) in [5.41, 5.74) is 4.62. The molecule has 8 heteroatoms. The van der Waals surface area contributed by atoms with Crippen LogP contribution < -0.4 is 5.32 Å². The molecule has 1 heterocycles. The van der Waals surface area contributed by atoms with Gasteiger partial charge in [0.1, 0.15) is 5.54 Å². The number of carboxylic acid groups (broad SMARTS) is 1. The Bertz CT molecular complexity index is 1770. The number of benzene rings is 5. The zero-order valence-corrected chi connectivity index (χ0v) is 25.7. The van der Waals surface area contributed by atoms with Crippen LogP contribution in [0.15, 0.2) is 146 Å². The number of para-hydroxylation sites is 2. The summed E-state index contributed by atoms with van der Waals surface area (Å²) in [5.74, 6) is -0.889. The van der Waals surface area contributed by atoms with Crippen molar-refractivity contribution in [1.29, 1.82) is 0 Å². The van der Waals surface area contributed by atoms with E-state index in [0.717, 1.165) is 21.7 Å².